The van der Waals surface area contributed by atoms with E-state index < -0.39 is 24.5 Å². The number of allylic oxidation sites excluding steroid dienone is 2. The summed E-state index contributed by atoms with van der Waals surface area (Å²) in [6.45, 7) is 1.13. The Morgan fingerprint density at radius 3 is 2.50 bits per heavy atom. The van der Waals surface area contributed by atoms with Gasteiger partial charge in [-0.2, -0.15) is 23.3 Å². The van der Waals surface area contributed by atoms with Gasteiger partial charge in [0.2, 0.25) is 0 Å². The van der Waals surface area contributed by atoms with Gasteiger partial charge in [-0.05, 0) is 26.0 Å². The van der Waals surface area contributed by atoms with Crippen molar-refractivity contribution < 1.29 is 27.8 Å². The van der Waals surface area contributed by atoms with E-state index in [0.29, 0.717) is 0 Å². The van der Waals surface area contributed by atoms with Gasteiger partial charge in [0.05, 0.1) is 13.2 Å². The van der Waals surface area contributed by atoms with Crippen LogP contribution in [0.15, 0.2) is 24.6 Å². The SMILES string of the molecule is CC(C)(OCCN(C(=O)O)N1C=CC=CN1)C(F)(F)F. The molecule has 0 fully saturated rings. The predicted molar refractivity (Wildman–Crippen MR) is 64.1 cm³/mol. The van der Waals surface area contributed by atoms with Crippen LogP contribution < -0.4 is 5.43 Å². The number of hydrogen-bond donors (Lipinski definition) is 2. The van der Waals surface area contributed by atoms with Crippen molar-refractivity contribution in [3.05, 3.63) is 24.6 Å². The van der Waals surface area contributed by atoms with E-state index in [2.05, 4.69) is 5.43 Å². The van der Waals surface area contributed by atoms with Crippen molar-refractivity contribution in [1.29, 1.82) is 0 Å². The summed E-state index contributed by atoms with van der Waals surface area (Å²) in [5.74, 6) is 0. The smallest absolute Gasteiger partial charge is 0.427 e. The molecule has 0 spiro atoms. The maximum absolute atomic E-state index is 12.6. The average Bonchev–Trinajstić information content (AvgIpc) is 2.34. The number of nitrogens with zero attached hydrogens (tertiary/aromatic N) is 2. The molecule has 9 heteroatoms. The summed E-state index contributed by atoms with van der Waals surface area (Å²) in [5, 5.41) is 11.0. The average molecular weight is 295 g/mol. The zero-order chi connectivity index (χ0) is 15.4. The van der Waals surface area contributed by atoms with E-state index in [1.165, 1.54) is 12.4 Å². The molecular weight excluding hydrogens is 279 g/mol. The summed E-state index contributed by atoms with van der Waals surface area (Å²) < 4.78 is 42.5. The molecular formula is C11H16F3N3O3. The Balaban J connectivity index is 2.55. The summed E-state index contributed by atoms with van der Waals surface area (Å²) >= 11 is 0. The molecule has 1 heterocycles. The topological polar surface area (TPSA) is 65.0 Å². The van der Waals surface area contributed by atoms with Crippen LogP contribution in [0.3, 0.4) is 0 Å². The number of amides is 1. The molecule has 0 saturated carbocycles. The van der Waals surface area contributed by atoms with Gasteiger partial charge in [-0.15, -0.1) is 0 Å². The lowest BCUT2D eigenvalue weighted by atomic mass is 10.1. The van der Waals surface area contributed by atoms with Crippen LogP contribution >= 0.6 is 0 Å². The molecule has 0 bridgehead atoms. The molecule has 0 atom stereocenters. The Hall–Kier alpha value is -1.90. The number of alkyl halides is 3. The third-order valence-electron chi connectivity index (χ3n) is 2.57. The fourth-order valence-electron chi connectivity index (χ4n) is 1.26. The monoisotopic (exact) mass is 295 g/mol. The molecule has 1 amide bonds. The second kappa shape index (κ2) is 6.04. The van der Waals surface area contributed by atoms with Crippen LogP contribution in [0, 0.1) is 0 Å². The normalized spacial score (nSPS) is 15.2. The summed E-state index contributed by atoms with van der Waals surface area (Å²) in [7, 11) is 0. The van der Waals surface area contributed by atoms with Gasteiger partial charge in [-0.25, -0.2) is 4.79 Å². The molecule has 20 heavy (non-hydrogen) atoms. The van der Waals surface area contributed by atoms with E-state index >= 15 is 0 Å². The Kier molecular flexibility index (Phi) is 4.88. The molecule has 1 rings (SSSR count). The highest BCUT2D eigenvalue weighted by molar-refractivity contribution is 5.64. The van der Waals surface area contributed by atoms with Crippen LogP contribution in [0.25, 0.3) is 0 Å². The minimum absolute atomic E-state index is 0.250. The number of hydrazine groups is 2. The quantitative estimate of drug-likeness (QED) is 0.813. The first kappa shape index (κ1) is 16.2. The molecule has 114 valence electrons. The van der Waals surface area contributed by atoms with E-state index in [0.717, 1.165) is 24.0 Å². The third kappa shape index (κ3) is 4.05. The van der Waals surface area contributed by atoms with Gasteiger partial charge in [-0.1, -0.05) is 0 Å². The largest absolute Gasteiger partial charge is 0.464 e. The number of ether oxygens (including phenoxy) is 1. The molecule has 6 nitrogen and oxygen atoms in total. The fourth-order valence-corrected chi connectivity index (χ4v) is 1.26. The first-order chi connectivity index (χ1) is 9.15. The van der Waals surface area contributed by atoms with E-state index in [1.807, 2.05) is 0 Å². The van der Waals surface area contributed by atoms with Crippen LogP contribution in [0.5, 0.6) is 0 Å². The van der Waals surface area contributed by atoms with Gasteiger partial charge in [0, 0.05) is 12.4 Å². The molecule has 0 aromatic carbocycles. The van der Waals surface area contributed by atoms with Crippen LogP contribution in [0.2, 0.25) is 0 Å². The van der Waals surface area contributed by atoms with Crippen molar-refractivity contribution in [2.24, 2.45) is 0 Å². The molecule has 0 unspecified atom stereocenters. The van der Waals surface area contributed by atoms with Crippen LogP contribution in [-0.2, 0) is 4.74 Å². The van der Waals surface area contributed by atoms with Crippen molar-refractivity contribution in [2.75, 3.05) is 13.2 Å². The van der Waals surface area contributed by atoms with Crippen molar-refractivity contribution in [3.8, 4) is 0 Å². The van der Waals surface area contributed by atoms with Gasteiger partial charge in [0.1, 0.15) is 0 Å². The number of carbonyl (C=O) groups is 1. The Bertz CT molecular complexity index is 407. The van der Waals surface area contributed by atoms with Crippen molar-refractivity contribution >= 4 is 6.09 Å². The van der Waals surface area contributed by atoms with Crippen molar-refractivity contribution in [2.45, 2.75) is 25.6 Å². The fraction of sp³-hybridized carbons (Fsp3) is 0.545. The maximum atomic E-state index is 12.6. The zero-order valence-electron chi connectivity index (χ0n) is 11.0. The Morgan fingerprint density at radius 2 is 2.05 bits per heavy atom. The highest BCUT2D eigenvalue weighted by Crippen LogP contribution is 2.32. The first-order valence-corrected chi connectivity index (χ1v) is 5.75. The summed E-state index contributed by atoms with van der Waals surface area (Å²) in [4.78, 5) is 11.1. The number of rotatable bonds is 5. The number of nitrogens with one attached hydrogen (secondary N) is 1. The van der Waals surface area contributed by atoms with Crippen LogP contribution in [0.4, 0.5) is 18.0 Å². The minimum Gasteiger partial charge on any atom is -0.464 e. The molecule has 0 saturated heterocycles. The summed E-state index contributed by atoms with van der Waals surface area (Å²) in [6.07, 6.45) is 0.282. The molecule has 2 N–H and O–H groups in total. The second-order valence-corrected chi connectivity index (χ2v) is 4.44. The summed E-state index contributed by atoms with van der Waals surface area (Å²) in [5.41, 5.74) is 0.281. The lowest BCUT2D eigenvalue weighted by molar-refractivity contribution is -0.264. The standard InChI is InChI=1S/C11H16F3N3O3/c1-10(2,11(12,13)14)20-8-7-16(9(18)19)17-6-4-3-5-15-17/h3-6,15H,7-8H2,1-2H3,(H,18,19). The first-order valence-electron chi connectivity index (χ1n) is 5.75. The Morgan fingerprint density at radius 1 is 1.40 bits per heavy atom. The van der Waals surface area contributed by atoms with Crippen LogP contribution in [-0.4, -0.2) is 46.3 Å². The lowest BCUT2D eigenvalue weighted by Crippen LogP contribution is -2.51. The van der Waals surface area contributed by atoms with E-state index in [9.17, 15) is 18.0 Å². The molecule has 1 aliphatic rings. The lowest BCUT2D eigenvalue weighted by Gasteiger charge is -2.33. The molecule has 1 aliphatic heterocycles. The van der Waals surface area contributed by atoms with Crippen molar-refractivity contribution in [1.82, 2.24) is 15.6 Å². The zero-order valence-corrected chi connectivity index (χ0v) is 11.0. The van der Waals surface area contributed by atoms with Gasteiger partial charge >= 0.3 is 12.3 Å². The predicted octanol–water partition coefficient (Wildman–Crippen LogP) is 2.09. The second-order valence-electron chi connectivity index (χ2n) is 4.44. The number of carboxylic acid groups (broad SMARTS) is 1. The minimum atomic E-state index is -4.52. The number of hydrogen-bond acceptors (Lipinski definition) is 4. The molecule has 0 aliphatic carbocycles. The van der Waals surface area contributed by atoms with Crippen molar-refractivity contribution in [3.63, 3.8) is 0 Å². The van der Waals surface area contributed by atoms with E-state index in [1.54, 1.807) is 12.2 Å². The van der Waals surface area contributed by atoms with Crippen LogP contribution in [0.1, 0.15) is 13.8 Å². The van der Waals surface area contributed by atoms with E-state index in [-0.39, 0.29) is 6.54 Å². The Labute approximate surface area is 114 Å². The third-order valence-corrected chi connectivity index (χ3v) is 2.57. The number of halogens is 3. The molecule has 0 radical (unpaired) electrons. The van der Waals surface area contributed by atoms with E-state index in [4.69, 9.17) is 9.84 Å². The maximum Gasteiger partial charge on any atom is 0.427 e. The van der Waals surface area contributed by atoms with Gasteiger partial charge in [0.25, 0.3) is 0 Å². The summed E-state index contributed by atoms with van der Waals surface area (Å²) in [6, 6.07) is 0. The molecule has 0 aromatic heterocycles. The highest BCUT2D eigenvalue weighted by atomic mass is 19.4. The molecule has 0 aromatic rings. The highest BCUT2D eigenvalue weighted by Gasteiger charge is 2.48. The van der Waals surface area contributed by atoms with Gasteiger partial charge in [-0.3, -0.25) is 5.43 Å². The van der Waals surface area contributed by atoms with Gasteiger partial charge in [0.15, 0.2) is 5.60 Å². The van der Waals surface area contributed by atoms with Gasteiger partial charge < -0.3 is 9.84 Å².